The summed E-state index contributed by atoms with van der Waals surface area (Å²) >= 11 is 0. The molecule has 102 valence electrons. The number of nitrogens with zero attached hydrogens (tertiary/aromatic N) is 2. The number of ether oxygens (including phenoxy) is 1. The maximum Gasteiger partial charge on any atom is 0.0911 e. The molecule has 1 aromatic rings. The fourth-order valence-electron chi connectivity index (χ4n) is 2.72. The zero-order valence-electron chi connectivity index (χ0n) is 11.7. The smallest absolute Gasteiger partial charge is 0.0911 e. The molecule has 2 rings (SSSR count). The molecule has 4 nitrogen and oxygen atoms in total. The first-order valence-corrected chi connectivity index (χ1v) is 7.19. The molecule has 18 heavy (non-hydrogen) atoms. The van der Waals surface area contributed by atoms with Crippen molar-refractivity contribution < 1.29 is 4.74 Å². The lowest BCUT2D eigenvalue weighted by atomic mass is 10.0. The lowest BCUT2D eigenvalue weighted by molar-refractivity contribution is 0.177. The van der Waals surface area contributed by atoms with Crippen molar-refractivity contribution in [3.63, 3.8) is 0 Å². The van der Waals surface area contributed by atoms with E-state index in [1.165, 1.54) is 49.1 Å². The molecule has 0 atom stereocenters. The summed E-state index contributed by atoms with van der Waals surface area (Å²) in [6, 6.07) is 0. The summed E-state index contributed by atoms with van der Waals surface area (Å²) in [5.74, 6) is 0. The molecule has 0 aromatic carbocycles. The Hall–Kier alpha value is -1.03. The first-order valence-electron chi connectivity index (χ1n) is 7.19. The van der Waals surface area contributed by atoms with Gasteiger partial charge in [0.2, 0.25) is 0 Å². The van der Waals surface area contributed by atoms with Gasteiger partial charge < -0.3 is 10.2 Å². The monoisotopic (exact) mass is 251 g/mol. The highest BCUT2D eigenvalue weighted by molar-refractivity contribution is 5.27. The highest BCUT2D eigenvalue weighted by Crippen LogP contribution is 2.22. The largest absolute Gasteiger partial charge is 0.378 e. The van der Waals surface area contributed by atoms with Gasteiger partial charge in [0.1, 0.15) is 0 Å². The summed E-state index contributed by atoms with van der Waals surface area (Å²) in [6.45, 7) is 3.63. The maximum absolute atomic E-state index is 5.34. The van der Waals surface area contributed by atoms with Crippen molar-refractivity contribution in [1.82, 2.24) is 9.89 Å². The average molecular weight is 251 g/mol. The molecular weight excluding hydrogens is 226 g/mol. The molecule has 0 saturated carbocycles. The summed E-state index contributed by atoms with van der Waals surface area (Å²) in [6.07, 6.45) is 8.87. The third-order valence-corrected chi connectivity index (χ3v) is 3.60. The molecule has 1 aliphatic carbocycles. The van der Waals surface area contributed by atoms with Crippen molar-refractivity contribution in [2.45, 2.75) is 58.5 Å². The van der Waals surface area contributed by atoms with Gasteiger partial charge in [-0.3, -0.25) is 0 Å². The number of aromatic nitrogens is 2. The van der Waals surface area contributed by atoms with Crippen molar-refractivity contribution in [2.75, 3.05) is 19.1 Å². The number of fused-ring (bicyclic) bond motifs is 1. The Kier molecular flexibility index (Phi) is 5.05. The molecule has 0 amide bonds. The van der Waals surface area contributed by atoms with Gasteiger partial charge in [-0.2, -0.15) is 9.89 Å². The van der Waals surface area contributed by atoms with E-state index in [-0.39, 0.29) is 0 Å². The van der Waals surface area contributed by atoms with Crippen molar-refractivity contribution in [2.24, 2.45) is 0 Å². The van der Waals surface area contributed by atoms with Crippen LogP contribution in [0.15, 0.2) is 0 Å². The maximum atomic E-state index is 5.34. The van der Waals surface area contributed by atoms with Gasteiger partial charge in [-0.05, 0) is 32.6 Å². The molecule has 0 spiro atoms. The third kappa shape index (κ3) is 3.05. The zero-order valence-corrected chi connectivity index (χ0v) is 11.7. The summed E-state index contributed by atoms with van der Waals surface area (Å²) in [5, 5.41) is 4.73. The van der Waals surface area contributed by atoms with E-state index >= 15 is 0 Å². The van der Waals surface area contributed by atoms with Crippen molar-refractivity contribution >= 4 is 0 Å². The molecule has 1 aliphatic rings. The molecule has 4 heteroatoms. The topological polar surface area (TPSA) is 39.1 Å². The van der Waals surface area contributed by atoms with Gasteiger partial charge >= 0.3 is 0 Å². The Morgan fingerprint density at radius 2 is 1.89 bits per heavy atom. The minimum absolute atomic E-state index is 0.648. The van der Waals surface area contributed by atoms with Crippen LogP contribution in [-0.4, -0.2) is 23.5 Å². The molecule has 0 saturated heterocycles. The third-order valence-electron chi connectivity index (χ3n) is 3.60. The SMILES string of the molecule is CCNn1nc2c(c1COC)CCCCCCC2. The molecule has 1 aromatic heterocycles. The minimum atomic E-state index is 0.648. The van der Waals surface area contributed by atoms with Crippen LogP contribution >= 0.6 is 0 Å². The molecule has 0 unspecified atom stereocenters. The van der Waals surface area contributed by atoms with E-state index in [0.29, 0.717) is 6.61 Å². The Morgan fingerprint density at radius 1 is 1.17 bits per heavy atom. The number of nitrogens with one attached hydrogen (secondary N) is 1. The predicted molar refractivity (Wildman–Crippen MR) is 73.3 cm³/mol. The molecule has 0 bridgehead atoms. The standard InChI is InChI=1S/C14H25N3O/c1-3-15-17-14(11-18-2)12-9-7-5-4-6-8-10-13(12)16-17/h15H,3-11H2,1-2H3. The zero-order chi connectivity index (χ0) is 12.8. The fourth-order valence-corrected chi connectivity index (χ4v) is 2.72. The van der Waals surface area contributed by atoms with E-state index in [4.69, 9.17) is 9.84 Å². The number of methoxy groups -OCH3 is 1. The highest BCUT2D eigenvalue weighted by atomic mass is 16.5. The van der Waals surface area contributed by atoms with Gasteiger partial charge in [-0.1, -0.05) is 19.3 Å². The molecule has 0 aliphatic heterocycles. The fraction of sp³-hybridized carbons (Fsp3) is 0.786. The number of rotatable bonds is 4. The van der Waals surface area contributed by atoms with Crippen LogP contribution in [0.2, 0.25) is 0 Å². The van der Waals surface area contributed by atoms with E-state index in [1.54, 1.807) is 7.11 Å². The van der Waals surface area contributed by atoms with Crippen molar-refractivity contribution in [3.8, 4) is 0 Å². The van der Waals surface area contributed by atoms with E-state index in [9.17, 15) is 0 Å². The first kappa shape index (κ1) is 13.4. The second-order valence-electron chi connectivity index (χ2n) is 5.00. The predicted octanol–water partition coefficient (Wildman–Crippen LogP) is 2.64. The molecule has 1 heterocycles. The highest BCUT2D eigenvalue weighted by Gasteiger charge is 2.18. The van der Waals surface area contributed by atoms with Crippen LogP contribution in [0.4, 0.5) is 0 Å². The van der Waals surface area contributed by atoms with Crippen LogP contribution in [-0.2, 0) is 24.2 Å². The molecule has 0 radical (unpaired) electrons. The van der Waals surface area contributed by atoms with E-state index in [2.05, 4.69) is 12.3 Å². The molecule has 1 N–H and O–H groups in total. The number of hydrogen-bond donors (Lipinski definition) is 1. The van der Waals surface area contributed by atoms with Crippen LogP contribution in [0.1, 0.15) is 56.0 Å². The van der Waals surface area contributed by atoms with E-state index in [1.807, 2.05) is 4.79 Å². The van der Waals surface area contributed by atoms with Gasteiger partial charge in [0.15, 0.2) is 0 Å². The van der Waals surface area contributed by atoms with Crippen molar-refractivity contribution in [1.29, 1.82) is 0 Å². The van der Waals surface area contributed by atoms with Crippen molar-refractivity contribution in [3.05, 3.63) is 17.0 Å². The summed E-state index contributed by atoms with van der Waals surface area (Å²) < 4.78 is 5.34. The van der Waals surface area contributed by atoms with Gasteiger partial charge in [-0.25, -0.2) is 0 Å². The average Bonchev–Trinajstić information content (AvgIpc) is 2.72. The Balaban J connectivity index is 2.28. The molecule has 0 fully saturated rings. The normalized spacial score (nSPS) is 16.6. The number of hydrogen-bond acceptors (Lipinski definition) is 3. The van der Waals surface area contributed by atoms with E-state index < -0.39 is 0 Å². The van der Waals surface area contributed by atoms with Crippen LogP contribution in [0.5, 0.6) is 0 Å². The quantitative estimate of drug-likeness (QED) is 0.894. The van der Waals surface area contributed by atoms with Gasteiger partial charge in [0.25, 0.3) is 0 Å². The second-order valence-corrected chi connectivity index (χ2v) is 5.00. The summed E-state index contributed by atoms with van der Waals surface area (Å²) in [5.41, 5.74) is 7.23. The van der Waals surface area contributed by atoms with Crippen LogP contribution in [0, 0.1) is 0 Å². The van der Waals surface area contributed by atoms with Crippen LogP contribution in [0.25, 0.3) is 0 Å². The molecular formula is C14H25N3O. The van der Waals surface area contributed by atoms with Crippen LogP contribution in [0.3, 0.4) is 0 Å². The Labute approximate surface area is 110 Å². The van der Waals surface area contributed by atoms with Gasteiger partial charge in [-0.15, -0.1) is 0 Å². The van der Waals surface area contributed by atoms with E-state index in [0.717, 1.165) is 19.4 Å². The van der Waals surface area contributed by atoms with Gasteiger partial charge in [0.05, 0.1) is 18.0 Å². The summed E-state index contributed by atoms with van der Waals surface area (Å²) in [4.78, 5) is 1.94. The second kappa shape index (κ2) is 6.78. The number of aryl methyl sites for hydroxylation is 1. The lowest BCUT2D eigenvalue weighted by Crippen LogP contribution is -2.19. The summed E-state index contributed by atoms with van der Waals surface area (Å²) in [7, 11) is 1.75. The minimum Gasteiger partial charge on any atom is -0.378 e. The van der Waals surface area contributed by atoms with Crippen LogP contribution < -0.4 is 5.43 Å². The first-order chi connectivity index (χ1) is 8.86. The Morgan fingerprint density at radius 3 is 2.61 bits per heavy atom. The lowest BCUT2D eigenvalue weighted by Gasteiger charge is -2.09. The Bertz CT molecular complexity index is 373. The van der Waals surface area contributed by atoms with Gasteiger partial charge in [0, 0.05) is 19.2 Å².